The number of allylic oxidation sites excluding steroid dienone is 7. The van der Waals surface area contributed by atoms with Crippen molar-refractivity contribution < 1.29 is 15.0 Å². The summed E-state index contributed by atoms with van der Waals surface area (Å²) in [5.74, 6) is 0.00154. The molecule has 0 aromatic rings. The second kappa shape index (κ2) is 19.7. The maximum Gasteiger partial charge on any atom is 0.220 e. The highest BCUT2D eigenvalue weighted by Gasteiger charge is 1.98. The van der Waals surface area contributed by atoms with Gasteiger partial charge in [-0.1, -0.05) is 74.8 Å². The molecule has 0 saturated heterocycles. The number of carbonyl (C=O) groups is 1. The third-order valence-electron chi connectivity index (χ3n) is 3.77. The van der Waals surface area contributed by atoms with Gasteiger partial charge in [-0.15, -0.1) is 0 Å². The Morgan fingerprint density at radius 1 is 1.00 bits per heavy atom. The first kappa shape index (κ1) is 24.4. The molecule has 1 atom stereocenters. The molecule has 0 aromatic carbocycles. The van der Waals surface area contributed by atoms with Gasteiger partial charge in [-0.05, 0) is 32.1 Å². The third kappa shape index (κ3) is 18.7. The van der Waals surface area contributed by atoms with E-state index in [-0.39, 0.29) is 18.6 Å². The third-order valence-corrected chi connectivity index (χ3v) is 3.77. The van der Waals surface area contributed by atoms with Crippen molar-refractivity contribution >= 4 is 5.91 Å². The lowest BCUT2D eigenvalue weighted by atomic mass is 10.1. The summed E-state index contributed by atoms with van der Waals surface area (Å²) in [5, 5.41) is 21.0. The Bertz CT molecular complexity index is 439. The van der Waals surface area contributed by atoms with Crippen molar-refractivity contribution in [1.82, 2.24) is 5.32 Å². The first-order valence-corrected chi connectivity index (χ1v) is 9.89. The van der Waals surface area contributed by atoms with Crippen LogP contribution in [0.2, 0.25) is 0 Å². The van der Waals surface area contributed by atoms with E-state index >= 15 is 0 Å². The van der Waals surface area contributed by atoms with Gasteiger partial charge in [0, 0.05) is 13.0 Å². The van der Waals surface area contributed by atoms with Gasteiger partial charge in [0.2, 0.25) is 5.91 Å². The summed E-state index contributed by atoms with van der Waals surface area (Å²) < 4.78 is 0. The van der Waals surface area contributed by atoms with Gasteiger partial charge >= 0.3 is 0 Å². The molecule has 0 bridgehead atoms. The van der Waals surface area contributed by atoms with Gasteiger partial charge in [-0.25, -0.2) is 0 Å². The van der Waals surface area contributed by atoms with E-state index in [9.17, 15) is 9.90 Å². The maximum atomic E-state index is 11.3. The zero-order valence-electron chi connectivity index (χ0n) is 16.3. The highest BCUT2D eigenvalue weighted by atomic mass is 16.3. The summed E-state index contributed by atoms with van der Waals surface area (Å²) in [6, 6.07) is 0. The molecule has 0 heterocycles. The lowest BCUT2D eigenvalue weighted by Gasteiger charge is -2.02. The SMILES string of the molecule is CCCCC[C@H](O)/C=C/C=C/C/C=C/C/C=C\CCCC(=O)NCCO. The molecule has 0 aliphatic rings. The van der Waals surface area contributed by atoms with Crippen molar-refractivity contribution in [3.8, 4) is 0 Å². The van der Waals surface area contributed by atoms with Crippen molar-refractivity contribution in [3.63, 3.8) is 0 Å². The molecule has 3 N–H and O–H groups in total. The smallest absolute Gasteiger partial charge is 0.220 e. The molecule has 148 valence electrons. The Morgan fingerprint density at radius 2 is 1.73 bits per heavy atom. The van der Waals surface area contributed by atoms with Gasteiger partial charge in [-0.2, -0.15) is 0 Å². The Kier molecular flexibility index (Phi) is 18.4. The molecule has 0 saturated carbocycles. The van der Waals surface area contributed by atoms with Gasteiger partial charge in [0.15, 0.2) is 0 Å². The van der Waals surface area contributed by atoms with Gasteiger partial charge in [0.1, 0.15) is 0 Å². The molecule has 4 nitrogen and oxygen atoms in total. The predicted molar refractivity (Wildman–Crippen MR) is 110 cm³/mol. The van der Waals surface area contributed by atoms with Crippen LogP contribution in [0.15, 0.2) is 48.6 Å². The zero-order valence-corrected chi connectivity index (χ0v) is 16.3. The molecule has 0 aliphatic carbocycles. The number of rotatable bonds is 16. The number of aliphatic hydroxyl groups is 2. The molecule has 0 unspecified atom stereocenters. The molecule has 4 heteroatoms. The minimum Gasteiger partial charge on any atom is -0.395 e. The first-order chi connectivity index (χ1) is 12.7. The van der Waals surface area contributed by atoms with Crippen LogP contribution in [0.3, 0.4) is 0 Å². The van der Waals surface area contributed by atoms with Crippen LogP contribution in [0, 0.1) is 0 Å². The number of unbranched alkanes of at least 4 members (excludes halogenated alkanes) is 3. The van der Waals surface area contributed by atoms with Gasteiger partial charge < -0.3 is 15.5 Å². The van der Waals surface area contributed by atoms with Crippen LogP contribution < -0.4 is 5.32 Å². The van der Waals surface area contributed by atoms with Crippen LogP contribution in [-0.4, -0.2) is 35.4 Å². The van der Waals surface area contributed by atoms with E-state index in [1.54, 1.807) is 0 Å². The molecule has 1 amide bonds. The summed E-state index contributed by atoms with van der Waals surface area (Å²) in [5.41, 5.74) is 0. The molecule has 0 spiro atoms. The number of amides is 1. The van der Waals surface area contributed by atoms with Crippen LogP contribution in [0.5, 0.6) is 0 Å². The minimum atomic E-state index is -0.326. The van der Waals surface area contributed by atoms with Crippen molar-refractivity contribution in [1.29, 1.82) is 0 Å². The number of carbonyl (C=O) groups excluding carboxylic acids is 1. The number of nitrogens with one attached hydrogen (secondary N) is 1. The average molecular weight is 364 g/mol. The summed E-state index contributed by atoms with van der Waals surface area (Å²) in [4.78, 5) is 11.3. The number of hydrogen-bond acceptors (Lipinski definition) is 3. The Morgan fingerprint density at radius 3 is 2.46 bits per heavy atom. The fraction of sp³-hybridized carbons (Fsp3) is 0.591. The Labute approximate surface area is 159 Å². The molecule has 0 fully saturated rings. The average Bonchev–Trinajstić information content (AvgIpc) is 2.64. The van der Waals surface area contributed by atoms with Crippen LogP contribution in [0.1, 0.15) is 64.7 Å². The normalized spacial score (nSPS) is 13.5. The van der Waals surface area contributed by atoms with E-state index in [0.717, 1.165) is 38.5 Å². The van der Waals surface area contributed by atoms with Crippen LogP contribution in [0.25, 0.3) is 0 Å². The molecular weight excluding hydrogens is 326 g/mol. The quantitative estimate of drug-likeness (QED) is 0.218. The molecule has 26 heavy (non-hydrogen) atoms. The van der Waals surface area contributed by atoms with Gasteiger partial charge in [-0.3, -0.25) is 4.79 Å². The standard InChI is InChI=1S/C22H37NO3/c1-2-3-13-16-21(25)17-14-11-9-7-5-4-6-8-10-12-15-18-22(26)23-19-20-24/h4-5,8-11,14,17,21,24-25H,2-3,6-7,12-13,15-16,18-20H2,1H3,(H,23,26)/b5-4+,10-8-,11-9+,17-14+/t21-/m0/s1. The number of aliphatic hydroxyl groups excluding tert-OH is 2. The van der Waals surface area contributed by atoms with Crippen LogP contribution >= 0.6 is 0 Å². The largest absolute Gasteiger partial charge is 0.395 e. The van der Waals surface area contributed by atoms with Crippen molar-refractivity contribution in [2.75, 3.05) is 13.2 Å². The van der Waals surface area contributed by atoms with Crippen molar-refractivity contribution in [2.24, 2.45) is 0 Å². The van der Waals surface area contributed by atoms with Crippen LogP contribution in [0.4, 0.5) is 0 Å². The second-order valence-corrected chi connectivity index (χ2v) is 6.26. The highest BCUT2D eigenvalue weighted by Crippen LogP contribution is 2.04. The van der Waals surface area contributed by atoms with E-state index in [1.165, 1.54) is 12.8 Å². The summed E-state index contributed by atoms with van der Waals surface area (Å²) in [6.07, 6.45) is 24.2. The lowest BCUT2D eigenvalue weighted by Crippen LogP contribution is -2.25. The van der Waals surface area contributed by atoms with E-state index in [2.05, 4.69) is 42.6 Å². The van der Waals surface area contributed by atoms with Crippen molar-refractivity contribution in [2.45, 2.75) is 70.8 Å². The number of hydrogen-bond donors (Lipinski definition) is 3. The molecule has 0 rings (SSSR count). The van der Waals surface area contributed by atoms with E-state index in [0.29, 0.717) is 13.0 Å². The summed E-state index contributed by atoms with van der Waals surface area (Å²) >= 11 is 0. The molecule has 0 aromatic heterocycles. The molecule has 0 aliphatic heterocycles. The highest BCUT2D eigenvalue weighted by molar-refractivity contribution is 5.75. The Balaban J connectivity index is 3.58. The topological polar surface area (TPSA) is 69.6 Å². The summed E-state index contributed by atoms with van der Waals surface area (Å²) in [6.45, 7) is 2.49. The minimum absolute atomic E-state index is 0.00154. The molecule has 0 radical (unpaired) electrons. The van der Waals surface area contributed by atoms with Crippen LogP contribution in [-0.2, 0) is 4.79 Å². The lowest BCUT2D eigenvalue weighted by molar-refractivity contribution is -0.121. The van der Waals surface area contributed by atoms with Gasteiger partial charge in [0.25, 0.3) is 0 Å². The van der Waals surface area contributed by atoms with Gasteiger partial charge in [0.05, 0.1) is 12.7 Å². The maximum absolute atomic E-state index is 11.3. The summed E-state index contributed by atoms with van der Waals surface area (Å²) in [7, 11) is 0. The Hall–Kier alpha value is -1.65. The first-order valence-electron chi connectivity index (χ1n) is 9.89. The van der Waals surface area contributed by atoms with E-state index in [4.69, 9.17) is 5.11 Å². The zero-order chi connectivity index (χ0) is 19.3. The van der Waals surface area contributed by atoms with E-state index in [1.807, 2.05) is 18.2 Å². The fourth-order valence-corrected chi connectivity index (χ4v) is 2.28. The molecular formula is C22H37NO3. The second-order valence-electron chi connectivity index (χ2n) is 6.26. The monoisotopic (exact) mass is 363 g/mol. The fourth-order valence-electron chi connectivity index (χ4n) is 2.28. The van der Waals surface area contributed by atoms with E-state index < -0.39 is 0 Å². The predicted octanol–water partition coefficient (Wildman–Crippen LogP) is 4.21. The van der Waals surface area contributed by atoms with Crippen molar-refractivity contribution in [3.05, 3.63) is 48.6 Å².